The van der Waals surface area contributed by atoms with E-state index in [0.29, 0.717) is 17.2 Å². The van der Waals surface area contributed by atoms with E-state index < -0.39 is 0 Å². The van der Waals surface area contributed by atoms with E-state index in [9.17, 15) is 9.59 Å². The van der Waals surface area contributed by atoms with Gasteiger partial charge >= 0.3 is 0 Å². The minimum absolute atomic E-state index is 0.0584. The number of rotatable bonds is 5. The van der Waals surface area contributed by atoms with Gasteiger partial charge in [-0.2, -0.15) is 0 Å². The summed E-state index contributed by atoms with van der Waals surface area (Å²) in [6.07, 6.45) is 11.2. The van der Waals surface area contributed by atoms with Gasteiger partial charge in [0.1, 0.15) is 17.8 Å². The van der Waals surface area contributed by atoms with E-state index in [4.69, 9.17) is 0 Å². The highest BCUT2D eigenvalue weighted by Gasteiger charge is 2.29. The average Bonchev–Trinajstić information content (AvgIpc) is 3.13. The third-order valence-electron chi connectivity index (χ3n) is 4.73. The summed E-state index contributed by atoms with van der Waals surface area (Å²) in [5.74, 6) is 0.730. The maximum Gasteiger partial charge on any atom is 0.271 e. The Bertz CT molecular complexity index is 773. The highest BCUT2D eigenvalue weighted by molar-refractivity contribution is 5.94. The van der Waals surface area contributed by atoms with E-state index in [1.807, 2.05) is 0 Å². The van der Waals surface area contributed by atoms with Crippen molar-refractivity contribution >= 4 is 17.5 Å². The van der Waals surface area contributed by atoms with Crippen LogP contribution < -0.4 is 10.6 Å². The van der Waals surface area contributed by atoms with Crippen LogP contribution in [0.25, 0.3) is 5.82 Å². The molecule has 0 aromatic carbocycles. The zero-order chi connectivity index (χ0) is 17.2. The second kappa shape index (κ2) is 6.66. The van der Waals surface area contributed by atoms with Crippen molar-refractivity contribution in [3.8, 4) is 5.82 Å². The number of nitrogens with one attached hydrogen (secondary N) is 2. The number of nitrogens with zero attached hydrogens (tertiary/aromatic N) is 3. The highest BCUT2D eigenvalue weighted by atomic mass is 16.2. The molecule has 130 valence electrons. The topological polar surface area (TPSA) is 88.9 Å². The predicted octanol–water partition coefficient (Wildman–Crippen LogP) is 2.29. The first-order valence-electron chi connectivity index (χ1n) is 8.81. The summed E-state index contributed by atoms with van der Waals surface area (Å²) >= 11 is 0. The fraction of sp³-hybridized carbons (Fsp3) is 0.444. The maximum absolute atomic E-state index is 12.2. The van der Waals surface area contributed by atoms with Crippen LogP contribution in [0.4, 0.5) is 5.69 Å². The first-order valence-corrected chi connectivity index (χ1v) is 8.81. The molecule has 0 bridgehead atoms. The highest BCUT2D eigenvalue weighted by Crippen LogP contribution is 2.30. The SMILES string of the molecule is O=C(NC1CCCC1)c1cn(-c2ccc(NC(=O)C3CC3)cn2)cn1. The number of hydrogen-bond donors (Lipinski definition) is 2. The third kappa shape index (κ3) is 3.70. The van der Waals surface area contributed by atoms with Crippen molar-refractivity contribution < 1.29 is 9.59 Å². The van der Waals surface area contributed by atoms with Gasteiger partial charge in [0.2, 0.25) is 5.91 Å². The van der Waals surface area contributed by atoms with Gasteiger partial charge in [-0.3, -0.25) is 14.2 Å². The molecule has 2 aliphatic carbocycles. The van der Waals surface area contributed by atoms with Crippen molar-refractivity contribution in [2.45, 2.75) is 44.6 Å². The fourth-order valence-electron chi connectivity index (χ4n) is 3.10. The molecule has 4 rings (SSSR count). The molecule has 7 nitrogen and oxygen atoms in total. The first-order chi connectivity index (χ1) is 12.2. The Labute approximate surface area is 145 Å². The molecular formula is C18H21N5O2. The number of pyridine rings is 1. The number of hydrogen-bond acceptors (Lipinski definition) is 4. The van der Waals surface area contributed by atoms with Crippen molar-refractivity contribution in [1.82, 2.24) is 19.9 Å². The van der Waals surface area contributed by atoms with Crippen molar-refractivity contribution in [3.05, 3.63) is 36.5 Å². The Morgan fingerprint density at radius 1 is 1.08 bits per heavy atom. The largest absolute Gasteiger partial charge is 0.348 e. The molecule has 2 aromatic heterocycles. The van der Waals surface area contributed by atoms with E-state index in [-0.39, 0.29) is 23.8 Å². The van der Waals surface area contributed by atoms with Crippen LogP contribution >= 0.6 is 0 Å². The van der Waals surface area contributed by atoms with E-state index >= 15 is 0 Å². The standard InChI is InChI=1S/C18H21N5O2/c24-17(12-5-6-12)22-14-7-8-16(19-9-14)23-10-15(20-11-23)18(25)21-13-3-1-2-4-13/h7-13H,1-6H2,(H,21,25)(H,22,24). The van der Waals surface area contributed by atoms with Crippen molar-refractivity contribution in [3.63, 3.8) is 0 Å². The number of carbonyl (C=O) groups excluding carboxylic acids is 2. The Morgan fingerprint density at radius 2 is 1.88 bits per heavy atom. The van der Waals surface area contributed by atoms with Gasteiger partial charge in [0.15, 0.2) is 0 Å². The van der Waals surface area contributed by atoms with Crippen LogP contribution in [-0.2, 0) is 4.79 Å². The number of anilines is 1. The van der Waals surface area contributed by atoms with Gasteiger partial charge in [0.25, 0.3) is 5.91 Å². The van der Waals surface area contributed by atoms with E-state index in [0.717, 1.165) is 25.7 Å². The zero-order valence-electron chi connectivity index (χ0n) is 13.9. The average molecular weight is 339 g/mol. The van der Waals surface area contributed by atoms with Crippen LogP contribution in [0.15, 0.2) is 30.9 Å². The van der Waals surface area contributed by atoms with Gasteiger partial charge in [-0.1, -0.05) is 12.8 Å². The zero-order valence-corrected chi connectivity index (χ0v) is 13.9. The minimum atomic E-state index is -0.140. The molecule has 0 saturated heterocycles. The van der Waals surface area contributed by atoms with Gasteiger partial charge in [0.05, 0.1) is 11.9 Å². The summed E-state index contributed by atoms with van der Waals surface area (Å²) < 4.78 is 1.70. The molecule has 2 N–H and O–H groups in total. The molecule has 7 heteroatoms. The fourth-order valence-corrected chi connectivity index (χ4v) is 3.10. The Balaban J connectivity index is 1.40. The molecular weight excluding hydrogens is 318 g/mol. The lowest BCUT2D eigenvalue weighted by Crippen LogP contribution is -2.32. The van der Waals surface area contributed by atoms with Crippen LogP contribution in [0.3, 0.4) is 0 Å². The van der Waals surface area contributed by atoms with Crippen LogP contribution in [-0.4, -0.2) is 32.4 Å². The molecule has 0 radical (unpaired) electrons. The number of carbonyl (C=O) groups is 2. The van der Waals surface area contributed by atoms with E-state index in [1.165, 1.54) is 12.8 Å². The molecule has 0 aliphatic heterocycles. The summed E-state index contributed by atoms with van der Waals surface area (Å²) in [5.41, 5.74) is 1.07. The number of imidazole rings is 1. The first kappa shape index (κ1) is 15.8. The molecule has 0 atom stereocenters. The van der Waals surface area contributed by atoms with Gasteiger partial charge in [0, 0.05) is 18.2 Å². The van der Waals surface area contributed by atoms with Crippen LogP contribution in [0, 0.1) is 5.92 Å². The molecule has 2 amide bonds. The summed E-state index contributed by atoms with van der Waals surface area (Å²) in [4.78, 5) is 32.5. The lowest BCUT2D eigenvalue weighted by molar-refractivity contribution is -0.117. The molecule has 0 spiro atoms. The Kier molecular flexibility index (Phi) is 4.21. The summed E-state index contributed by atoms with van der Waals surface area (Å²) in [7, 11) is 0. The van der Waals surface area contributed by atoms with E-state index in [2.05, 4.69) is 20.6 Å². The second-order valence-corrected chi connectivity index (χ2v) is 6.79. The lowest BCUT2D eigenvalue weighted by Gasteiger charge is -2.09. The smallest absolute Gasteiger partial charge is 0.271 e. The Hall–Kier alpha value is -2.70. The third-order valence-corrected chi connectivity index (χ3v) is 4.73. The van der Waals surface area contributed by atoms with Crippen molar-refractivity contribution in [2.24, 2.45) is 5.92 Å². The second-order valence-electron chi connectivity index (χ2n) is 6.79. The van der Waals surface area contributed by atoms with Gasteiger partial charge in [-0.15, -0.1) is 0 Å². The van der Waals surface area contributed by atoms with Crippen molar-refractivity contribution in [1.29, 1.82) is 0 Å². The van der Waals surface area contributed by atoms with E-state index in [1.54, 1.807) is 35.4 Å². The van der Waals surface area contributed by atoms with Crippen LogP contribution in [0.2, 0.25) is 0 Å². The molecule has 2 aromatic rings. The lowest BCUT2D eigenvalue weighted by atomic mass is 10.2. The maximum atomic E-state index is 12.2. The normalized spacial score (nSPS) is 17.4. The quantitative estimate of drug-likeness (QED) is 0.875. The van der Waals surface area contributed by atoms with Crippen LogP contribution in [0.1, 0.15) is 49.0 Å². The molecule has 0 unspecified atom stereocenters. The summed E-state index contributed by atoms with van der Waals surface area (Å²) in [5, 5.41) is 5.88. The number of aromatic nitrogens is 3. The molecule has 2 fully saturated rings. The summed E-state index contributed by atoms with van der Waals surface area (Å²) in [6.45, 7) is 0. The predicted molar refractivity (Wildman–Crippen MR) is 92.4 cm³/mol. The monoisotopic (exact) mass is 339 g/mol. The molecule has 2 saturated carbocycles. The number of amides is 2. The molecule has 2 heterocycles. The molecule has 25 heavy (non-hydrogen) atoms. The summed E-state index contributed by atoms with van der Waals surface area (Å²) in [6, 6.07) is 3.87. The minimum Gasteiger partial charge on any atom is -0.348 e. The molecule has 2 aliphatic rings. The Morgan fingerprint density at radius 3 is 2.56 bits per heavy atom. The van der Waals surface area contributed by atoms with Crippen molar-refractivity contribution in [2.75, 3.05) is 5.32 Å². The van der Waals surface area contributed by atoms with Gasteiger partial charge in [-0.25, -0.2) is 9.97 Å². The van der Waals surface area contributed by atoms with Gasteiger partial charge < -0.3 is 10.6 Å². The van der Waals surface area contributed by atoms with Crippen LogP contribution in [0.5, 0.6) is 0 Å². The van der Waals surface area contributed by atoms with Gasteiger partial charge in [-0.05, 0) is 37.8 Å².